The fourth-order valence-electron chi connectivity index (χ4n) is 2.95. The molecule has 3 rings (SSSR count). The van der Waals surface area contributed by atoms with Gasteiger partial charge in [-0.2, -0.15) is 0 Å². The average molecular weight is 257 g/mol. The Morgan fingerprint density at radius 1 is 1.16 bits per heavy atom. The number of hydrogen-bond donors (Lipinski definition) is 0. The largest absolute Gasteiger partial charge is 0.461 e. The Morgan fingerprint density at radius 3 is 2.58 bits per heavy atom. The van der Waals surface area contributed by atoms with Gasteiger partial charge in [-0.1, -0.05) is 26.0 Å². The van der Waals surface area contributed by atoms with Gasteiger partial charge in [0.25, 0.3) is 0 Å². The molecule has 19 heavy (non-hydrogen) atoms. The van der Waals surface area contributed by atoms with Gasteiger partial charge in [-0.25, -0.2) is 0 Å². The molecule has 1 aromatic carbocycles. The van der Waals surface area contributed by atoms with Crippen LogP contribution in [-0.2, 0) is 0 Å². The molecule has 0 radical (unpaired) electrons. The Kier molecular flexibility index (Phi) is 3.36. The molecule has 2 nitrogen and oxygen atoms in total. The molecule has 1 saturated heterocycles. The van der Waals surface area contributed by atoms with Crippen LogP contribution >= 0.6 is 0 Å². The fraction of sp³-hybridized carbons (Fsp3) is 0.529. The van der Waals surface area contributed by atoms with Crippen LogP contribution in [-0.4, -0.2) is 25.0 Å². The van der Waals surface area contributed by atoms with Gasteiger partial charge in [-0.05, 0) is 56.6 Å². The Balaban J connectivity index is 1.88. The molecular weight excluding hydrogens is 234 g/mol. The highest BCUT2D eigenvalue weighted by atomic mass is 16.3. The molecular formula is C17H23NO. The molecule has 0 atom stereocenters. The Morgan fingerprint density at radius 2 is 1.89 bits per heavy atom. The maximum absolute atomic E-state index is 5.97. The minimum absolute atomic E-state index is 0.458. The summed E-state index contributed by atoms with van der Waals surface area (Å²) in [5.74, 6) is 2.25. The molecule has 1 aliphatic heterocycles. The molecule has 2 heteroatoms. The second-order valence-corrected chi connectivity index (χ2v) is 6.18. The number of likely N-dealkylation sites (tertiary alicyclic amines) is 1. The van der Waals surface area contributed by atoms with E-state index >= 15 is 0 Å². The van der Waals surface area contributed by atoms with Crippen LogP contribution in [0.25, 0.3) is 11.0 Å². The molecule has 2 heterocycles. The normalized spacial score (nSPS) is 18.5. The van der Waals surface area contributed by atoms with Crippen molar-refractivity contribution in [3.63, 3.8) is 0 Å². The highest BCUT2D eigenvalue weighted by Gasteiger charge is 2.19. The summed E-state index contributed by atoms with van der Waals surface area (Å²) >= 11 is 0. The molecule has 1 aromatic heterocycles. The molecule has 0 bridgehead atoms. The molecule has 1 fully saturated rings. The molecule has 1 aliphatic rings. The predicted molar refractivity (Wildman–Crippen MR) is 79.8 cm³/mol. The second kappa shape index (κ2) is 5.01. The molecule has 2 aromatic rings. The minimum atomic E-state index is 0.458. The zero-order chi connectivity index (χ0) is 13.4. The molecule has 0 N–H and O–H groups in total. The predicted octanol–water partition coefficient (Wildman–Crippen LogP) is 4.37. The van der Waals surface area contributed by atoms with Gasteiger partial charge < -0.3 is 9.32 Å². The third-order valence-electron chi connectivity index (χ3n) is 4.32. The van der Waals surface area contributed by atoms with Gasteiger partial charge in [0.15, 0.2) is 0 Å². The van der Waals surface area contributed by atoms with Crippen molar-refractivity contribution in [2.45, 2.75) is 38.5 Å². The molecule has 0 unspecified atom stereocenters. The summed E-state index contributed by atoms with van der Waals surface area (Å²) < 4.78 is 5.97. The van der Waals surface area contributed by atoms with Crippen LogP contribution in [0.15, 0.2) is 28.7 Å². The summed E-state index contributed by atoms with van der Waals surface area (Å²) in [4.78, 5) is 2.42. The van der Waals surface area contributed by atoms with Gasteiger partial charge in [0.2, 0.25) is 0 Å². The lowest BCUT2D eigenvalue weighted by atomic mass is 9.89. The van der Waals surface area contributed by atoms with E-state index < -0.39 is 0 Å². The minimum Gasteiger partial charge on any atom is -0.461 e. The van der Waals surface area contributed by atoms with E-state index in [1.165, 1.54) is 36.9 Å². The first-order valence-corrected chi connectivity index (χ1v) is 7.35. The van der Waals surface area contributed by atoms with Crippen LogP contribution < -0.4 is 0 Å². The van der Waals surface area contributed by atoms with Crippen LogP contribution in [0.3, 0.4) is 0 Å². The molecule has 0 spiro atoms. The van der Waals surface area contributed by atoms with Gasteiger partial charge in [-0.3, -0.25) is 0 Å². The van der Waals surface area contributed by atoms with Gasteiger partial charge >= 0.3 is 0 Å². The summed E-state index contributed by atoms with van der Waals surface area (Å²) in [6.07, 6.45) is 2.53. The zero-order valence-electron chi connectivity index (χ0n) is 12.1. The fourth-order valence-corrected chi connectivity index (χ4v) is 2.95. The van der Waals surface area contributed by atoms with Gasteiger partial charge in [0, 0.05) is 11.3 Å². The number of rotatable bonds is 2. The maximum atomic E-state index is 5.97. The lowest BCUT2D eigenvalue weighted by molar-refractivity contribution is 0.255. The van der Waals surface area contributed by atoms with E-state index in [2.05, 4.69) is 50.1 Å². The number of fused-ring (bicyclic) bond motifs is 1. The number of nitrogens with zero attached hydrogens (tertiary/aromatic N) is 1. The number of furan rings is 1. The van der Waals surface area contributed by atoms with Crippen LogP contribution in [0.1, 0.15) is 49.8 Å². The molecule has 0 saturated carbocycles. The quantitative estimate of drug-likeness (QED) is 0.794. The number of hydrogen-bond acceptors (Lipinski definition) is 2. The van der Waals surface area contributed by atoms with Crippen molar-refractivity contribution in [1.82, 2.24) is 4.90 Å². The van der Waals surface area contributed by atoms with E-state index in [-0.39, 0.29) is 0 Å². The van der Waals surface area contributed by atoms with Crippen molar-refractivity contribution >= 4 is 11.0 Å². The van der Waals surface area contributed by atoms with Crippen molar-refractivity contribution in [2.24, 2.45) is 0 Å². The summed E-state index contributed by atoms with van der Waals surface area (Å²) in [7, 11) is 2.21. The Bertz CT molecular complexity index is 562. The van der Waals surface area contributed by atoms with Crippen molar-refractivity contribution in [1.29, 1.82) is 0 Å². The maximum Gasteiger partial charge on any atom is 0.134 e. The third kappa shape index (κ3) is 2.55. The molecule has 0 aliphatic carbocycles. The third-order valence-corrected chi connectivity index (χ3v) is 4.32. The van der Waals surface area contributed by atoms with Crippen LogP contribution in [0, 0.1) is 0 Å². The van der Waals surface area contributed by atoms with Crippen LogP contribution in [0.4, 0.5) is 0 Å². The number of piperidine rings is 1. The van der Waals surface area contributed by atoms with Crippen molar-refractivity contribution in [3.8, 4) is 0 Å². The van der Waals surface area contributed by atoms with Crippen molar-refractivity contribution in [2.75, 3.05) is 20.1 Å². The molecule has 0 amide bonds. The first-order chi connectivity index (χ1) is 9.13. The van der Waals surface area contributed by atoms with Crippen molar-refractivity contribution < 1.29 is 4.42 Å². The van der Waals surface area contributed by atoms with E-state index in [1.807, 2.05) is 0 Å². The monoisotopic (exact) mass is 257 g/mol. The lowest BCUT2D eigenvalue weighted by Gasteiger charge is -2.29. The molecule has 102 valence electrons. The Labute approximate surface area is 115 Å². The standard InChI is InChI=1S/C17H23NO/c1-12(2)16-11-15-5-4-14(10-17(15)19-16)13-6-8-18(3)9-7-13/h4-5,10-13H,6-9H2,1-3H3. The summed E-state index contributed by atoms with van der Waals surface area (Å²) in [6, 6.07) is 8.95. The Hall–Kier alpha value is -1.28. The van der Waals surface area contributed by atoms with Gasteiger partial charge in [0.1, 0.15) is 11.3 Å². The van der Waals surface area contributed by atoms with Crippen molar-refractivity contribution in [3.05, 3.63) is 35.6 Å². The van der Waals surface area contributed by atoms with E-state index in [9.17, 15) is 0 Å². The second-order valence-electron chi connectivity index (χ2n) is 6.18. The highest BCUT2D eigenvalue weighted by Crippen LogP contribution is 2.32. The first-order valence-electron chi connectivity index (χ1n) is 7.35. The SMILES string of the molecule is CC(C)c1cc2ccc(C3CCN(C)CC3)cc2o1. The average Bonchev–Trinajstić information content (AvgIpc) is 2.82. The number of benzene rings is 1. The van der Waals surface area contributed by atoms with E-state index in [1.54, 1.807) is 0 Å². The highest BCUT2D eigenvalue weighted by molar-refractivity contribution is 5.79. The van der Waals surface area contributed by atoms with Gasteiger partial charge in [-0.15, -0.1) is 0 Å². The lowest BCUT2D eigenvalue weighted by Crippen LogP contribution is -2.29. The van der Waals surface area contributed by atoms with Crippen LogP contribution in [0.2, 0.25) is 0 Å². The topological polar surface area (TPSA) is 16.4 Å². The smallest absolute Gasteiger partial charge is 0.134 e. The van der Waals surface area contributed by atoms with Crippen LogP contribution in [0.5, 0.6) is 0 Å². The van der Waals surface area contributed by atoms with E-state index in [0.29, 0.717) is 11.8 Å². The first kappa shape index (κ1) is 12.7. The zero-order valence-corrected chi connectivity index (χ0v) is 12.1. The van der Waals surface area contributed by atoms with E-state index in [0.717, 1.165) is 11.3 Å². The summed E-state index contributed by atoms with van der Waals surface area (Å²) in [5.41, 5.74) is 2.50. The summed E-state index contributed by atoms with van der Waals surface area (Å²) in [5, 5.41) is 1.24. The van der Waals surface area contributed by atoms with Gasteiger partial charge in [0.05, 0.1) is 0 Å². The van der Waals surface area contributed by atoms with E-state index in [4.69, 9.17) is 4.42 Å². The summed E-state index contributed by atoms with van der Waals surface area (Å²) in [6.45, 7) is 6.77.